The van der Waals surface area contributed by atoms with Crippen molar-refractivity contribution in [3.63, 3.8) is 0 Å². The van der Waals surface area contributed by atoms with E-state index in [0.717, 1.165) is 66.3 Å². The Hall–Kier alpha value is -3.61. The fraction of sp³-hybridized carbons (Fsp3) is 0.370. The van der Waals surface area contributed by atoms with Crippen LogP contribution in [0.5, 0.6) is 0 Å². The number of pyridine rings is 2. The summed E-state index contributed by atoms with van der Waals surface area (Å²) in [5.41, 5.74) is 2.99. The maximum Gasteiger partial charge on any atom is 0.254 e. The number of nitrogens with zero attached hydrogens (tertiary/aromatic N) is 6. The van der Waals surface area contributed by atoms with Gasteiger partial charge in [0.2, 0.25) is 0 Å². The number of benzene rings is 1. The molecule has 172 valence electrons. The van der Waals surface area contributed by atoms with Crippen LogP contribution in [-0.2, 0) is 13.0 Å². The third-order valence-electron chi connectivity index (χ3n) is 7.09. The number of amides is 1. The quantitative estimate of drug-likeness (QED) is 0.453. The van der Waals surface area contributed by atoms with Gasteiger partial charge in [0, 0.05) is 43.6 Å². The standard InChI is InChI=1S/C27H28N6O/c34-27(21-17-24(23-12-5-6-14-28-23)29-22-11-4-3-10-20(21)22)32-15-8-9-19(18-32)26-31-30-25-13-2-1-7-16-33(25)26/h3-6,10-12,14,17,19H,1-2,7-9,13,15-16,18H2/t19-/m1/s1. The summed E-state index contributed by atoms with van der Waals surface area (Å²) in [5, 5.41) is 9.97. The van der Waals surface area contributed by atoms with Gasteiger partial charge >= 0.3 is 0 Å². The van der Waals surface area contributed by atoms with Crippen molar-refractivity contribution in [1.29, 1.82) is 0 Å². The number of piperidine rings is 1. The molecule has 5 heterocycles. The number of para-hydroxylation sites is 1. The number of aromatic nitrogens is 5. The van der Waals surface area contributed by atoms with Crippen LogP contribution in [0.25, 0.3) is 22.3 Å². The molecule has 0 N–H and O–H groups in total. The number of hydrogen-bond donors (Lipinski definition) is 0. The van der Waals surface area contributed by atoms with Crippen molar-refractivity contribution < 1.29 is 4.79 Å². The van der Waals surface area contributed by atoms with Gasteiger partial charge in [-0.1, -0.05) is 30.7 Å². The van der Waals surface area contributed by atoms with Crippen molar-refractivity contribution in [2.75, 3.05) is 13.1 Å². The van der Waals surface area contributed by atoms with E-state index in [0.29, 0.717) is 12.1 Å². The van der Waals surface area contributed by atoms with Gasteiger partial charge in [0.25, 0.3) is 5.91 Å². The maximum atomic E-state index is 13.9. The second kappa shape index (κ2) is 8.97. The Bertz CT molecular complexity index is 1330. The van der Waals surface area contributed by atoms with Crippen LogP contribution >= 0.6 is 0 Å². The second-order valence-corrected chi connectivity index (χ2v) is 9.31. The molecule has 7 heteroatoms. The Morgan fingerprint density at radius 3 is 2.74 bits per heavy atom. The number of rotatable bonds is 3. The topological polar surface area (TPSA) is 76.8 Å². The number of carbonyl (C=O) groups excluding carboxylic acids is 1. The molecule has 34 heavy (non-hydrogen) atoms. The fourth-order valence-electron chi connectivity index (χ4n) is 5.35. The number of hydrogen-bond acceptors (Lipinski definition) is 5. The lowest BCUT2D eigenvalue weighted by atomic mass is 9.95. The summed E-state index contributed by atoms with van der Waals surface area (Å²) >= 11 is 0. The fourth-order valence-corrected chi connectivity index (χ4v) is 5.35. The molecule has 4 aromatic rings. The highest BCUT2D eigenvalue weighted by atomic mass is 16.2. The van der Waals surface area contributed by atoms with Crippen LogP contribution in [0.1, 0.15) is 60.0 Å². The molecule has 2 aliphatic rings. The molecule has 0 radical (unpaired) electrons. The third kappa shape index (κ3) is 3.85. The van der Waals surface area contributed by atoms with Crippen molar-refractivity contribution in [3.05, 3.63) is 71.9 Å². The molecule has 1 amide bonds. The molecule has 3 aromatic heterocycles. The van der Waals surface area contributed by atoms with Crippen LogP contribution in [0.4, 0.5) is 0 Å². The summed E-state index contributed by atoms with van der Waals surface area (Å²) in [5.74, 6) is 2.44. The molecule has 2 aliphatic heterocycles. The SMILES string of the molecule is O=C(c1cc(-c2ccccn2)nc2ccccc12)N1CCC[C@@H](c2nnc3n2CCCCC3)C1. The smallest absolute Gasteiger partial charge is 0.254 e. The molecule has 6 rings (SSSR count). The highest BCUT2D eigenvalue weighted by Gasteiger charge is 2.30. The Morgan fingerprint density at radius 1 is 0.912 bits per heavy atom. The lowest BCUT2D eigenvalue weighted by molar-refractivity contribution is 0.0705. The zero-order valence-corrected chi connectivity index (χ0v) is 19.2. The molecule has 0 bridgehead atoms. The number of aryl methyl sites for hydroxylation is 1. The van der Waals surface area contributed by atoms with E-state index in [1.165, 1.54) is 19.3 Å². The van der Waals surface area contributed by atoms with E-state index in [1.54, 1.807) is 6.20 Å². The predicted octanol–water partition coefficient (Wildman–Crippen LogP) is 4.63. The second-order valence-electron chi connectivity index (χ2n) is 9.31. The van der Waals surface area contributed by atoms with Gasteiger partial charge in [-0.2, -0.15) is 0 Å². The highest BCUT2D eigenvalue weighted by molar-refractivity contribution is 6.07. The van der Waals surface area contributed by atoms with Gasteiger partial charge in [-0.3, -0.25) is 9.78 Å². The van der Waals surface area contributed by atoms with Crippen LogP contribution in [0, 0.1) is 0 Å². The summed E-state index contributed by atoms with van der Waals surface area (Å²) in [4.78, 5) is 25.1. The van der Waals surface area contributed by atoms with Crippen molar-refractivity contribution >= 4 is 16.8 Å². The Kier molecular flexibility index (Phi) is 5.53. The lowest BCUT2D eigenvalue weighted by Gasteiger charge is -2.33. The first-order valence-electron chi connectivity index (χ1n) is 12.3. The molecule has 0 saturated carbocycles. The number of likely N-dealkylation sites (tertiary alicyclic amines) is 1. The van der Waals surface area contributed by atoms with E-state index in [9.17, 15) is 4.79 Å². The van der Waals surface area contributed by atoms with Crippen molar-refractivity contribution in [1.82, 2.24) is 29.6 Å². The van der Waals surface area contributed by atoms with Crippen LogP contribution < -0.4 is 0 Å². The average molecular weight is 453 g/mol. The molecule has 7 nitrogen and oxygen atoms in total. The predicted molar refractivity (Wildman–Crippen MR) is 130 cm³/mol. The molecule has 1 saturated heterocycles. The summed E-state index contributed by atoms with van der Waals surface area (Å²) in [7, 11) is 0. The van der Waals surface area contributed by atoms with Gasteiger partial charge in [0.05, 0.1) is 22.5 Å². The van der Waals surface area contributed by atoms with Gasteiger partial charge in [-0.25, -0.2) is 4.98 Å². The summed E-state index contributed by atoms with van der Waals surface area (Å²) in [6, 6.07) is 15.5. The average Bonchev–Trinajstić information content (AvgIpc) is 3.16. The van der Waals surface area contributed by atoms with E-state index in [4.69, 9.17) is 4.98 Å². The molecular weight excluding hydrogens is 424 g/mol. The zero-order chi connectivity index (χ0) is 22.9. The minimum Gasteiger partial charge on any atom is -0.338 e. The number of carbonyl (C=O) groups is 1. The first-order valence-corrected chi connectivity index (χ1v) is 12.3. The van der Waals surface area contributed by atoms with E-state index in [2.05, 4.69) is 19.7 Å². The van der Waals surface area contributed by atoms with E-state index < -0.39 is 0 Å². The molecule has 1 aromatic carbocycles. The highest BCUT2D eigenvalue weighted by Crippen LogP contribution is 2.31. The van der Waals surface area contributed by atoms with E-state index >= 15 is 0 Å². The first kappa shape index (κ1) is 21.0. The van der Waals surface area contributed by atoms with Crippen molar-refractivity contribution in [2.45, 2.75) is 51.0 Å². The largest absolute Gasteiger partial charge is 0.338 e. The summed E-state index contributed by atoms with van der Waals surface area (Å²) in [6.07, 6.45) is 8.36. The van der Waals surface area contributed by atoms with Gasteiger partial charge in [0.1, 0.15) is 11.6 Å². The lowest BCUT2D eigenvalue weighted by Crippen LogP contribution is -2.40. The van der Waals surface area contributed by atoms with Gasteiger partial charge < -0.3 is 9.47 Å². The molecule has 1 fully saturated rings. The van der Waals surface area contributed by atoms with Crippen LogP contribution in [0.2, 0.25) is 0 Å². The first-order chi connectivity index (χ1) is 16.8. The minimum absolute atomic E-state index is 0.0519. The monoisotopic (exact) mass is 452 g/mol. The molecule has 0 unspecified atom stereocenters. The van der Waals surface area contributed by atoms with Gasteiger partial charge in [-0.15, -0.1) is 10.2 Å². The van der Waals surface area contributed by atoms with Crippen molar-refractivity contribution in [2.24, 2.45) is 0 Å². The van der Waals surface area contributed by atoms with E-state index in [-0.39, 0.29) is 11.8 Å². The Labute approximate surface area is 198 Å². The third-order valence-corrected chi connectivity index (χ3v) is 7.09. The Balaban J connectivity index is 1.34. The van der Waals surface area contributed by atoms with Gasteiger partial charge in [0.15, 0.2) is 0 Å². The Morgan fingerprint density at radius 2 is 1.82 bits per heavy atom. The van der Waals surface area contributed by atoms with Crippen LogP contribution in [0.3, 0.4) is 0 Å². The van der Waals surface area contributed by atoms with E-state index in [1.807, 2.05) is 53.4 Å². The van der Waals surface area contributed by atoms with Crippen LogP contribution in [-0.4, -0.2) is 48.6 Å². The minimum atomic E-state index is 0.0519. The normalized spacial score (nSPS) is 18.5. The summed E-state index contributed by atoms with van der Waals surface area (Å²) in [6.45, 7) is 2.42. The number of fused-ring (bicyclic) bond motifs is 2. The molecule has 0 aliphatic carbocycles. The molecular formula is C27H28N6O. The maximum absolute atomic E-state index is 13.9. The summed E-state index contributed by atoms with van der Waals surface area (Å²) < 4.78 is 2.33. The molecule has 1 atom stereocenters. The van der Waals surface area contributed by atoms with Crippen LogP contribution in [0.15, 0.2) is 54.7 Å². The van der Waals surface area contributed by atoms with Gasteiger partial charge in [-0.05, 0) is 49.9 Å². The zero-order valence-electron chi connectivity index (χ0n) is 19.2. The molecule has 0 spiro atoms. The van der Waals surface area contributed by atoms with Crippen molar-refractivity contribution in [3.8, 4) is 11.4 Å².